The second-order valence-electron chi connectivity index (χ2n) is 5.06. The molecule has 2 aromatic carbocycles. The number of aromatic nitrogens is 1. The van der Waals surface area contributed by atoms with E-state index in [9.17, 15) is 9.90 Å². The molecule has 0 atom stereocenters. The largest absolute Gasteiger partial charge is 0.550 e. The number of benzene rings is 2. The molecule has 0 aliphatic rings. The zero-order chi connectivity index (χ0) is 15.5. The van der Waals surface area contributed by atoms with Crippen molar-refractivity contribution in [2.75, 3.05) is 0 Å². The fraction of sp³-hybridized carbons (Fsp3) is 0.111. The maximum Gasteiger partial charge on any atom is 0.223 e. The minimum atomic E-state index is -1.16. The van der Waals surface area contributed by atoms with Gasteiger partial charge in [-0.3, -0.25) is 0 Å². The Morgan fingerprint density at radius 2 is 1.91 bits per heavy atom. The molecule has 0 bridgehead atoms. The summed E-state index contributed by atoms with van der Waals surface area (Å²) in [5.41, 5.74) is 3.80. The van der Waals surface area contributed by atoms with Crippen LogP contribution in [0, 0.1) is 6.92 Å². The number of fused-ring (bicyclic) bond motifs is 1. The molecule has 0 spiro atoms. The van der Waals surface area contributed by atoms with Crippen molar-refractivity contribution in [3.8, 4) is 0 Å². The van der Waals surface area contributed by atoms with Gasteiger partial charge in [-0.1, -0.05) is 36.4 Å². The van der Waals surface area contributed by atoms with Gasteiger partial charge in [0.25, 0.3) is 0 Å². The molecule has 0 saturated heterocycles. The Bertz CT molecular complexity index is 828. The van der Waals surface area contributed by atoms with Crippen molar-refractivity contribution in [2.45, 2.75) is 13.3 Å². The van der Waals surface area contributed by atoms with Crippen molar-refractivity contribution in [2.24, 2.45) is 0 Å². The first kappa shape index (κ1) is 14.1. The number of oxazole rings is 1. The molecule has 0 radical (unpaired) electrons. The van der Waals surface area contributed by atoms with Crippen molar-refractivity contribution in [3.05, 3.63) is 65.5 Å². The van der Waals surface area contributed by atoms with Crippen LogP contribution in [0.1, 0.15) is 23.4 Å². The normalized spacial score (nSPS) is 11.8. The Balaban J connectivity index is 2.10. The van der Waals surface area contributed by atoms with Gasteiger partial charge in [-0.2, -0.15) is 0 Å². The van der Waals surface area contributed by atoms with Gasteiger partial charge in [-0.15, -0.1) is 0 Å². The van der Waals surface area contributed by atoms with Crippen molar-refractivity contribution >= 4 is 28.7 Å². The van der Waals surface area contributed by atoms with Crippen LogP contribution in [0.15, 0.2) is 52.9 Å². The van der Waals surface area contributed by atoms with Crippen LogP contribution in [0.25, 0.3) is 22.7 Å². The number of para-hydroxylation sites is 2. The molecule has 110 valence electrons. The van der Waals surface area contributed by atoms with Gasteiger partial charge in [-0.25, -0.2) is 4.98 Å². The van der Waals surface area contributed by atoms with E-state index in [4.69, 9.17) is 4.42 Å². The summed E-state index contributed by atoms with van der Waals surface area (Å²) in [6.45, 7) is 1.97. The molecule has 4 heteroatoms. The van der Waals surface area contributed by atoms with Crippen molar-refractivity contribution in [3.63, 3.8) is 0 Å². The molecule has 3 aromatic rings. The summed E-state index contributed by atoms with van der Waals surface area (Å²) in [5, 5.41) is 11.1. The molecular weight excluding hydrogens is 278 g/mol. The van der Waals surface area contributed by atoms with E-state index in [-0.39, 0.29) is 6.42 Å². The van der Waals surface area contributed by atoms with Crippen LogP contribution in [0.4, 0.5) is 0 Å². The lowest BCUT2D eigenvalue weighted by atomic mass is 10.0. The lowest BCUT2D eigenvalue weighted by molar-refractivity contribution is -0.304. The highest BCUT2D eigenvalue weighted by Gasteiger charge is 2.11. The van der Waals surface area contributed by atoms with E-state index in [1.165, 1.54) is 0 Å². The monoisotopic (exact) mass is 292 g/mol. The molecule has 1 heterocycles. The summed E-state index contributed by atoms with van der Waals surface area (Å²) in [7, 11) is 0. The van der Waals surface area contributed by atoms with Gasteiger partial charge in [0.15, 0.2) is 5.58 Å². The van der Waals surface area contributed by atoms with Gasteiger partial charge in [0.1, 0.15) is 5.52 Å². The molecule has 0 amide bonds. The Hall–Kier alpha value is -2.88. The molecule has 4 nitrogen and oxygen atoms in total. The zero-order valence-electron chi connectivity index (χ0n) is 12.1. The van der Waals surface area contributed by atoms with Crippen LogP contribution >= 0.6 is 0 Å². The average molecular weight is 292 g/mol. The van der Waals surface area contributed by atoms with Crippen LogP contribution in [0.5, 0.6) is 0 Å². The maximum absolute atomic E-state index is 11.1. The number of aryl methyl sites for hydroxylation is 1. The molecule has 0 unspecified atom stereocenters. The predicted molar refractivity (Wildman–Crippen MR) is 82.7 cm³/mol. The second-order valence-corrected chi connectivity index (χ2v) is 5.06. The highest BCUT2D eigenvalue weighted by Crippen LogP contribution is 2.25. The topological polar surface area (TPSA) is 66.2 Å². The Morgan fingerprint density at radius 3 is 2.64 bits per heavy atom. The smallest absolute Gasteiger partial charge is 0.223 e. The first-order chi connectivity index (χ1) is 10.6. The van der Waals surface area contributed by atoms with E-state index in [0.29, 0.717) is 22.6 Å². The highest BCUT2D eigenvalue weighted by molar-refractivity contribution is 5.90. The Labute approximate surface area is 127 Å². The lowest BCUT2D eigenvalue weighted by Gasteiger charge is -2.06. The van der Waals surface area contributed by atoms with Gasteiger partial charge >= 0.3 is 0 Å². The minimum absolute atomic E-state index is 0.249. The van der Waals surface area contributed by atoms with Crippen LogP contribution in [-0.2, 0) is 4.79 Å². The summed E-state index contributed by atoms with van der Waals surface area (Å²) >= 11 is 0. The molecule has 0 aliphatic carbocycles. The fourth-order valence-electron chi connectivity index (χ4n) is 2.29. The summed E-state index contributed by atoms with van der Waals surface area (Å²) in [6.07, 6.45) is 1.54. The summed E-state index contributed by atoms with van der Waals surface area (Å²) in [6, 6.07) is 15.1. The number of aliphatic carboxylic acids is 1. The van der Waals surface area contributed by atoms with E-state index in [1.54, 1.807) is 12.1 Å². The predicted octanol–water partition coefficient (Wildman–Crippen LogP) is 2.82. The van der Waals surface area contributed by atoms with Crippen LogP contribution in [0.2, 0.25) is 0 Å². The molecule has 22 heavy (non-hydrogen) atoms. The molecule has 0 N–H and O–H groups in total. The van der Waals surface area contributed by atoms with Crippen LogP contribution in [0.3, 0.4) is 0 Å². The quantitative estimate of drug-likeness (QED) is 0.741. The highest BCUT2D eigenvalue weighted by atomic mass is 16.4. The van der Waals surface area contributed by atoms with Gasteiger partial charge in [0, 0.05) is 18.0 Å². The van der Waals surface area contributed by atoms with E-state index < -0.39 is 5.97 Å². The van der Waals surface area contributed by atoms with Gasteiger partial charge < -0.3 is 14.3 Å². The number of carbonyl (C=O) groups excluding carboxylic acids is 1. The third kappa shape index (κ3) is 2.91. The number of hydrogen-bond acceptors (Lipinski definition) is 4. The van der Waals surface area contributed by atoms with E-state index in [1.807, 2.05) is 49.4 Å². The number of carboxylic acid groups (broad SMARTS) is 1. The molecule has 0 saturated carbocycles. The SMILES string of the molecule is Cc1ccccc1/C=C(\CC(=O)[O-])c1nc2ccccc2o1. The molecular formula is C18H14NO3-. The van der Waals surface area contributed by atoms with E-state index in [2.05, 4.69) is 4.98 Å². The zero-order valence-corrected chi connectivity index (χ0v) is 12.1. The molecule has 0 fully saturated rings. The Morgan fingerprint density at radius 1 is 1.18 bits per heavy atom. The summed E-state index contributed by atoms with van der Waals surface area (Å²) in [5.74, 6) is -0.851. The third-order valence-corrected chi connectivity index (χ3v) is 3.42. The van der Waals surface area contributed by atoms with Gasteiger partial charge in [0.2, 0.25) is 5.89 Å². The third-order valence-electron chi connectivity index (χ3n) is 3.42. The first-order valence-corrected chi connectivity index (χ1v) is 6.95. The second kappa shape index (κ2) is 5.85. The summed E-state index contributed by atoms with van der Waals surface area (Å²) in [4.78, 5) is 15.4. The lowest BCUT2D eigenvalue weighted by Crippen LogP contribution is -2.22. The van der Waals surface area contributed by atoms with E-state index >= 15 is 0 Å². The first-order valence-electron chi connectivity index (χ1n) is 6.95. The fourth-order valence-corrected chi connectivity index (χ4v) is 2.29. The molecule has 0 aliphatic heterocycles. The Kier molecular flexibility index (Phi) is 3.74. The van der Waals surface area contributed by atoms with Crippen molar-refractivity contribution in [1.29, 1.82) is 0 Å². The maximum atomic E-state index is 11.1. The molecule has 3 rings (SSSR count). The number of nitrogens with zero attached hydrogens (tertiary/aromatic N) is 1. The number of carboxylic acids is 1. The van der Waals surface area contributed by atoms with E-state index in [0.717, 1.165) is 11.1 Å². The van der Waals surface area contributed by atoms with Gasteiger partial charge in [-0.05, 0) is 36.3 Å². The minimum Gasteiger partial charge on any atom is -0.550 e. The number of hydrogen-bond donors (Lipinski definition) is 0. The average Bonchev–Trinajstić information content (AvgIpc) is 2.92. The van der Waals surface area contributed by atoms with Crippen molar-refractivity contribution < 1.29 is 14.3 Å². The number of carbonyl (C=O) groups is 1. The van der Waals surface area contributed by atoms with Crippen molar-refractivity contribution in [1.82, 2.24) is 4.98 Å². The molecule has 1 aromatic heterocycles. The standard InChI is InChI=1S/C18H15NO3/c1-12-6-2-3-7-13(12)10-14(11-17(20)21)18-19-15-8-4-5-9-16(15)22-18/h2-10H,11H2,1H3,(H,20,21)/p-1/b14-10+. The number of rotatable bonds is 4. The van der Waals surface area contributed by atoms with Crippen LogP contribution in [-0.4, -0.2) is 11.0 Å². The van der Waals surface area contributed by atoms with Gasteiger partial charge in [0.05, 0.1) is 0 Å². The van der Waals surface area contributed by atoms with Crippen LogP contribution < -0.4 is 5.11 Å². The summed E-state index contributed by atoms with van der Waals surface area (Å²) < 4.78 is 5.67.